The molecule has 0 radical (unpaired) electrons. The largest absolute Gasteiger partial charge is 0.490 e. The second kappa shape index (κ2) is 8.39. The number of carbonyl (C=O) groups excluding carboxylic acids is 1. The third-order valence-electron chi connectivity index (χ3n) is 2.95. The first-order valence-corrected chi connectivity index (χ1v) is 7.90. The molecular formula is C18H18BrNO3. The Morgan fingerprint density at radius 1 is 1.22 bits per heavy atom. The van der Waals surface area contributed by atoms with Crippen molar-refractivity contribution in [3.63, 3.8) is 0 Å². The van der Waals surface area contributed by atoms with Gasteiger partial charge in [-0.2, -0.15) is 0 Å². The van der Waals surface area contributed by atoms with Crippen LogP contribution in [-0.2, 0) is 4.79 Å². The number of hydrogen-bond acceptors (Lipinski definition) is 3. The van der Waals surface area contributed by atoms with Crippen LogP contribution in [-0.4, -0.2) is 19.1 Å². The van der Waals surface area contributed by atoms with Crippen molar-refractivity contribution in [3.8, 4) is 11.5 Å². The molecule has 0 bridgehead atoms. The van der Waals surface area contributed by atoms with Crippen LogP contribution in [0.3, 0.4) is 0 Å². The van der Waals surface area contributed by atoms with Gasteiger partial charge in [0.2, 0.25) is 0 Å². The molecule has 0 aliphatic carbocycles. The summed E-state index contributed by atoms with van der Waals surface area (Å²) in [6.07, 6.45) is 1.68. The number of amides is 1. The number of ether oxygens (including phenoxy) is 2. The third kappa shape index (κ3) is 5.45. The van der Waals surface area contributed by atoms with Crippen LogP contribution in [0.1, 0.15) is 5.56 Å². The van der Waals surface area contributed by atoms with Gasteiger partial charge in [0.25, 0.3) is 5.91 Å². The van der Waals surface area contributed by atoms with Crippen LogP contribution < -0.4 is 14.8 Å². The maximum atomic E-state index is 11.9. The van der Waals surface area contributed by atoms with Crippen molar-refractivity contribution in [3.05, 3.63) is 65.2 Å². The van der Waals surface area contributed by atoms with Gasteiger partial charge >= 0.3 is 0 Å². The van der Waals surface area contributed by atoms with Crippen LogP contribution in [0.15, 0.2) is 59.6 Å². The highest BCUT2D eigenvalue weighted by molar-refractivity contribution is 9.10. The maximum absolute atomic E-state index is 11.9. The molecule has 0 heterocycles. The fourth-order valence-electron chi connectivity index (χ4n) is 1.85. The number of nitrogens with one attached hydrogen (secondary N) is 1. The van der Waals surface area contributed by atoms with E-state index in [0.29, 0.717) is 18.0 Å². The lowest BCUT2D eigenvalue weighted by molar-refractivity contribution is -0.118. The predicted molar refractivity (Wildman–Crippen MR) is 95.1 cm³/mol. The van der Waals surface area contributed by atoms with Gasteiger partial charge in [0.05, 0.1) is 4.47 Å². The van der Waals surface area contributed by atoms with Crippen molar-refractivity contribution < 1.29 is 14.3 Å². The lowest BCUT2D eigenvalue weighted by Gasteiger charge is -2.10. The fourth-order valence-corrected chi connectivity index (χ4v) is 2.46. The van der Waals surface area contributed by atoms with Crippen molar-refractivity contribution in [2.24, 2.45) is 0 Å². The van der Waals surface area contributed by atoms with Gasteiger partial charge in [0.15, 0.2) is 6.61 Å². The molecule has 2 aromatic rings. The Hall–Kier alpha value is -2.27. The molecule has 0 saturated carbocycles. The van der Waals surface area contributed by atoms with E-state index in [1.54, 1.807) is 30.3 Å². The van der Waals surface area contributed by atoms with Crippen LogP contribution >= 0.6 is 15.9 Å². The van der Waals surface area contributed by atoms with E-state index in [-0.39, 0.29) is 12.5 Å². The molecule has 0 unspecified atom stereocenters. The second-order valence-corrected chi connectivity index (χ2v) is 5.75. The standard InChI is InChI=1S/C18H18BrNO3/c1-3-10-22-15-7-5-14(6-8-15)20-18(21)12-23-17-9-4-13(2)11-16(17)19/h3-9,11H,1,10,12H2,2H3,(H,20,21). The summed E-state index contributed by atoms with van der Waals surface area (Å²) in [4.78, 5) is 11.9. The number of aryl methyl sites for hydroxylation is 1. The average molecular weight is 376 g/mol. The molecule has 0 saturated heterocycles. The minimum Gasteiger partial charge on any atom is -0.490 e. The molecule has 23 heavy (non-hydrogen) atoms. The second-order valence-electron chi connectivity index (χ2n) is 4.89. The summed E-state index contributed by atoms with van der Waals surface area (Å²) < 4.78 is 11.7. The van der Waals surface area contributed by atoms with Crippen LogP contribution in [0, 0.1) is 6.92 Å². The Morgan fingerprint density at radius 3 is 2.61 bits per heavy atom. The Morgan fingerprint density at radius 2 is 1.96 bits per heavy atom. The summed E-state index contributed by atoms with van der Waals surface area (Å²) in [6, 6.07) is 12.8. The maximum Gasteiger partial charge on any atom is 0.262 e. The fraction of sp³-hybridized carbons (Fsp3) is 0.167. The van der Waals surface area contributed by atoms with Crippen molar-refractivity contribution in [2.45, 2.75) is 6.92 Å². The smallest absolute Gasteiger partial charge is 0.262 e. The van der Waals surface area contributed by atoms with E-state index in [9.17, 15) is 4.79 Å². The van der Waals surface area contributed by atoms with Crippen LogP contribution in [0.2, 0.25) is 0 Å². The molecule has 0 atom stereocenters. The number of anilines is 1. The van der Waals surface area contributed by atoms with Crippen molar-refractivity contribution in [2.75, 3.05) is 18.5 Å². The quantitative estimate of drug-likeness (QED) is 0.732. The van der Waals surface area contributed by atoms with Crippen molar-refractivity contribution in [1.29, 1.82) is 0 Å². The minimum absolute atomic E-state index is 0.0592. The normalized spacial score (nSPS) is 10.0. The highest BCUT2D eigenvalue weighted by Gasteiger charge is 2.06. The average Bonchev–Trinajstić information content (AvgIpc) is 2.53. The molecule has 2 rings (SSSR count). The zero-order chi connectivity index (χ0) is 16.7. The van der Waals surface area contributed by atoms with Gasteiger partial charge in [-0.05, 0) is 64.8 Å². The van der Waals surface area contributed by atoms with Gasteiger partial charge in [0.1, 0.15) is 18.1 Å². The molecular weight excluding hydrogens is 358 g/mol. The highest BCUT2D eigenvalue weighted by Crippen LogP contribution is 2.25. The van der Waals surface area contributed by atoms with E-state index < -0.39 is 0 Å². The van der Waals surface area contributed by atoms with E-state index in [4.69, 9.17) is 9.47 Å². The van der Waals surface area contributed by atoms with E-state index in [1.165, 1.54) is 0 Å². The molecule has 0 fully saturated rings. The molecule has 0 aliphatic rings. The molecule has 1 amide bonds. The number of halogens is 1. The first-order valence-electron chi connectivity index (χ1n) is 7.11. The Bertz CT molecular complexity index is 683. The molecule has 1 N–H and O–H groups in total. The first-order chi connectivity index (χ1) is 11.1. The Labute approximate surface area is 144 Å². The lowest BCUT2D eigenvalue weighted by atomic mass is 10.2. The molecule has 0 spiro atoms. The van der Waals surface area contributed by atoms with Crippen LogP contribution in [0.5, 0.6) is 11.5 Å². The van der Waals surface area contributed by atoms with Gasteiger partial charge in [0, 0.05) is 5.69 Å². The van der Waals surface area contributed by atoms with E-state index in [1.807, 2.05) is 25.1 Å². The van der Waals surface area contributed by atoms with Gasteiger partial charge in [-0.25, -0.2) is 0 Å². The summed E-state index contributed by atoms with van der Waals surface area (Å²) in [5.41, 5.74) is 1.81. The Kier molecular flexibility index (Phi) is 6.23. The third-order valence-corrected chi connectivity index (χ3v) is 3.57. The number of hydrogen-bond donors (Lipinski definition) is 1. The number of carbonyl (C=O) groups is 1. The summed E-state index contributed by atoms with van der Waals surface area (Å²) in [6.45, 7) is 5.97. The van der Waals surface area contributed by atoms with Gasteiger partial charge in [-0.3, -0.25) is 4.79 Å². The van der Waals surface area contributed by atoms with E-state index in [0.717, 1.165) is 15.8 Å². The van der Waals surface area contributed by atoms with Gasteiger partial charge < -0.3 is 14.8 Å². The molecule has 4 nitrogen and oxygen atoms in total. The molecule has 2 aromatic carbocycles. The van der Waals surface area contributed by atoms with Crippen molar-refractivity contribution >= 4 is 27.5 Å². The molecule has 120 valence electrons. The summed E-state index contributed by atoms with van der Waals surface area (Å²) in [5, 5.41) is 2.77. The monoisotopic (exact) mass is 375 g/mol. The zero-order valence-electron chi connectivity index (χ0n) is 12.8. The highest BCUT2D eigenvalue weighted by atomic mass is 79.9. The Balaban J connectivity index is 1.85. The summed E-state index contributed by atoms with van der Waals surface area (Å²) in [7, 11) is 0. The number of benzene rings is 2. The first kappa shape index (κ1) is 17.1. The van der Waals surface area contributed by atoms with Crippen molar-refractivity contribution in [1.82, 2.24) is 0 Å². The molecule has 0 aromatic heterocycles. The van der Waals surface area contributed by atoms with Gasteiger partial charge in [-0.15, -0.1) is 0 Å². The predicted octanol–water partition coefficient (Wildman–Crippen LogP) is 4.34. The minimum atomic E-state index is -0.225. The topological polar surface area (TPSA) is 47.6 Å². The summed E-state index contributed by atoms with van der Waals surface area (Å²) >= 11 is 3.42. The SMILES string of the molecule is C=CCOc1ccc(NC(=O)COc2ccc(C)cc2Br)cc1. The van der Waals surface area contributed by atoms with E-state index in [2.05, 4.69) is 27.8 Å². The van der Waals surface area contributed by atoms with Crippen LogP contribution in [0.25, 0.3) is 0 Å². The van der Waals surface area contributed by atoms with E-state index >= 15 is 0 Å². The van der Waals surface area contributed by atoms with Gasteiger partial charge in [-0.1, -0.05) is 18.7 Å². The molecule has 5 heteroatoms. The summed E-state index contributed by atoms with van der Waals surface area (Å²) in [5.74, 6) is 1.14. The number of rotatable bonds is 7. The van der Waals surface area contributed by atoms with Crippen LogP contribution in [0.4, 0.5) is 5.69 Å². The zero-order valence-corrected chi connectivity index (χ0v) is 14.4. The lowest BCUT2D eigenvalue weighted by Crippen LogP contribution is -2.20. The molecule has 0 aliphatic heterocycles.